The van der Waals surface area contributed by atoms with Crippen molar-refractivity contribution >= 4 is 17.3 Å². The standard InChI is InChI=1S/C12H13N5O3/c1-20-8-4-2-7(3-5-8)6-9-15-11(13)10(17(18)19)12(14)16-9/h2-5H,6H2,1H3,(H4,13,14,15,16). The van der Waals surface area contributed by atoms with Gasteiger partial charge in [-0.05, 0) is 17.7 Å². The van der Waals surface area contributed by atoms with Gasteiger partial charge in [0.15, 0.2) is 0 Å². The number of hydrogen-bond donors (Lipinski definition) is 2. The first-order chi connectivity index (χ1) is 9.51. The third-order valence-corrected chi connectivity index (χ3v) is 2.69. The average molecular weight is 275 g/mol. The van der Waals surface area contributed by atoms with Crippen molar-refractivity contribution in [1.29, 1.82) is 0 Å². The Balaban J connectivity index is 2.27. The first kappa shape index (κ1) is 13.5. The number of nitrogens with zero attached hydrogens (tertiary/aromatic N) is 3. The summed E-state index contributed by atoms with van der Waals surface area (Å²) in [6.45, 7) is 0. The van der Waals surface area contributed by atoms with Crippen molar-refractivity contribution in [1.82, 2.24) is 9.97 Å². The quantitative estimate of drug-likeness (QED) is 0.632. The van der Waals surface area contributed by atoms with E-state index in [1.807, 2.05) is 12.1 Å². The van der Waals surface area contributed by atoms with E-state index in [2.05, 4.69) is 9.97 Å². The van der Waals surface area contributed by atoms with E-state index in [1.54, 1.807) is 19.2 Å². The van der Waals surface area contributed by atoms with Crippen molar-refractivity contribution < 1.29 is 9.66 Å². The lowest BCUT2D eigenvalue weighted by molar-refractivity contribution is -0.383. The summed E-state index contributed by atoms with van der Waals surface area (Å²) in [6, 6.07) is 7.28. The van der Waals surface area contributed by atoms with Crippen LogP contribution in [0.1, 0.15) is 11.4 Å². The summed E-state index contributed by atoms with van der Waals surface area (Å²) in [7, 11) is 1.58. The fraction of sp³-hybridized carbons (Fsp3) is 0.167. The van der Waals surface area contributed by atoms with Gasteiger partial charge >= 0.3 is 5.69 Å². The van der Waals surface area contributed by atoms with Crippen LogP contribution >= 0.6 is 0 Å². The molecule has 0 amide bonds. The van der Waals surface area contributed by atoms with Crippen molar-refractivity contribution in [2.45, 2.75) is 6.42 Å². The van der Waals surface area contributed by atoms with Gasteiger partial charge in [0.25, 0.3) is 0 Å². The molecule has 0 atom stereocenters. The maximum Gasteiger partial charge on any atom is 0.352 e. The van der Waals surface area contributed by atoms with Gasteiger partial charge in [0, 0.05) is 6.42 Å². The Kier molecular flexibility index (Phi) is 3.65. The fourth-order valence-electron chi connectivity index (χ4n) is 1.73. The molecule has 0 spiro atoms. The number of nitrogen functional groups attached to an aromatic ring is 2. The molecule has 0 radical (unpaired) electrons. The van der Waals surface area contributed by atoms with Gasteiger partial charge < -0.3 is 16.2 Å². The van der Waals surface area contributed by atoms with Gasteiger partial charge in [-0.2, -0.15) is 0 Å². The van der Waals surface area contributed by atoms with Crippen LogP contribution in [-0.4, -0.2) is 22.0 Å². The molecule has 0 bridgehead atoms. The van der Waals surface area contributed by atoms with E-state index in [0.717, 1.165) is 11.3 Å². The zero-order valence-corrected chi connectivity index (χ0v) is 10.7. The van der Waals surface area contributed by atoms with Crippen LogP contribution in [0.25, 0.3) is 0 Å². The summed E-state index contributed by atoms with van der Waals surface area (Å²) in [5.41, 5.74) is 11.5. The lowest BCUT2D eigenvalue weighted by Crippen LogP contribution is -2.09. The number of nitrogens with two attached hydrogens (primary N) is 2. The molecule has 2 rings (SSSR count). The average Bonchev–Trinajstić information content (AvgIpc) is 2.38. The maximum absolute atomic E-state index is 10.7. The second-order valence-electron chi connectivity index (χ2n) is 4.04. The van der Waals surface area contributed by atoms with Gasteiger partial charge in [0.1, 0.15) is 11.6 Å². The second-order valence-corrected chi connectivity index (χ2v) is 4.04. The molecule has 4 N–H and O–H groups in total. The molecular weight excluding hydrogens is 262 g/mol. The number of methoxy groups -OCH3 is 1. The molecule has 1 aromatic carbocycles. The predicted molar refractivity (Wildman–Crippen MR) is 73.3 cm³/mol. The van der Waals surface area contributed by atoms with Gasteiger partial charge in [-0.3, -0.25) is 10.1 Å². The topological polar surface area (TPSA) is 130 Å². The Hall–Kier alpha value is -2.90. The molecule has 1 aromatic heterocycles. The molecule has 0 saturated heterocycles. The predicted octanol–water partition coefficient (Wildman–Crippen LogP) is 1.15. The SMILES string of the molecule is COc1ccc(Cc2nc(N)c([N+](=O)[O-])c(N)n2)cc1. The van der Waals surface area contributed by atoms with Crippen LogP contribution in [0.5, 0.6) is 5.75 Å². The van der Waals surface area contributed by atoms with E-state index in [0.29, 0.717) is 12.2 Å². The summed E-state index contributed by atoms with van der Waals surface area (Å²) in [6.07, 6.45) is 0.371. The van der Waals surface area contributed by atoms with Gasteiger partial charge in [0.05, 0.1) is 12.0 Å². The summed E-state index contributed by atoms with van der Waals surface area (Å²) < 4.78 is 5.05. The van der Waals surface area contributed by atoms with Crippen LogP contribution in [0.2, 0.25) is 0 Å². The molecule has 0 fully saturated rings. The Labute approximate surface area is 114 Å². The van der Waals surface area contributed by atoms with Crippen LogP contribution in [-0.2, 0) is 6.42 Å². The summed E-state index contributed by atoms with van der Waals surface area (Å²) in [5.74, 6) is 0.602. The second kappa shape index (κ2) is 5.39. The highest BCUT2D eigenvalue weighted by atomic mass is 16.6. The monoisotopic (exact) mass is 275 g/mol. The molecule has 0 aliphatic heterocycles. The Morgan fingerprint density at radius 3 is 2.20 bits per heavy atom. The first-order valence-corrected chi connectivity index (χ1v) is 5.70. The van der Waals surface area contributed by atoms with Crippen LogP contribution in [0.15, 0.2) is 24.3 Å². The highest BCUT2D eigenvalue weighted by Gasteiger charge is 2.20. The molecule has 104 valence electrons. The third kappa shape index (κ3) is 2.74. The minimum Gasteiger partial charge on any atom is -0.497 e. The van der Waals surface area contributed by atoms with E-state index in [9.17, 15) is 10.1 Å². The number of aromatic nitrogens is 2. The first-order valence-electron chi connectivity index (χ1n) is 5.70. The molecule has 8 heteroatoms. The number of anilines is 2. The van der Waals surface area contributed by atoms with Crippen LogP contribution in [0.3, 0.4) is 0 Å². The van der Waals surface area contributed by atoms with Crippen LogP contribution in [0.4, 0.5) is 17.3 Å². The third-order valence-electron chi connectivity index (χ3n) is 2.69. The van der Waals surface area contributed by atoms with E-state index >= 15 is 0 Å². The van der Waals surface area contributed by atoms with Gasteiger partial charge in [-0.1, -0.05) is 12.1 Å². The van der Waals surface area contributed by atoms with Crippen LogP contribution < -0.4 is 16.2 Å². The highest BCUT2D eigenvalue weighted by molar-refractivity contribution is 5.65. The number of nitro groups is 1. The number of ether oxygens (including phenoxy) is 1. The fourth-order valence-corrected chi connectivity index (χ4v) is 1.73. The van der Waals surface area contributed by atoms with Gasteiger partial charge in [-0.25, -0.2) is 9.97 Å². The molecule has 0 aliphatic carbocycles. The molecular formula is C12H13N5O3. The van der Waals surface area contributed by atoms with Crippen molar-refractivity contribution in [3.63, 3.8) is 0 Å². The Morgan fingerprint density at radius 1 is 1.20 bits per heavy atom. The van der Waals surface area contributed by atoms with Crippen molar-refractivity contribution in [2.75, 3.05) is 18.6 Å². The normalized spacial score (nSPS) is 10.2. The molecule has 0 saturated carbocycles. The van der Waals surface area contributed by atoms with Crippen molar-refractivity contribution in [3.05, 3.63) is 45.8 Å². The summed E-state index contributed by atoms with van der Waals surface area (Å²) >= 11 is 0. The molecule has 0 aliphatic rings. The van der Waals surface area contributed by atoms with Crippen LogP contribution in [0, 0.1) is 10.1 Å². The minimum atomic E-state index is -0.693. The zero-order valence-electron chi connectivity index (χ0n) is 10.7. The highest BCUT2D eigenvalue weighted by Crippen LogP contribution is 2.25. The van der Waals surface area contributed by atoms with Crippen molar-refractivity contribution in [3.8, 4) is 5.75 Å². The zero-order chi connectivity index (χ0) is 14.7. The van der Waals surface area contributed by atoms with E-state index < -0.39 is 10.6 Å². The number of hydrogen-bond acceptors (Lipinski definition) is 7. The lowest BCUT2D eigenvalue weighted by Gasteiger charge is -2.05. The van der Waals surface area contributed by atoms with Crippen molar-refractivity contribution in [2.24, 2.45) is 0 Å². The van der Waals surface area contributed by atoms with Gasteiger partial charge in [0.2, 0.25) is 11.6 Å². The Bertz CT molecular complexity index is 619. The summed E-state index contributed by atoms with van der Waals surface area (Å²) in [4.78, 5) is 17.9. The molecule has 0 unspecified atom stereocenters. The lowest BCUT2D eigenvalue weighted by atomic mass is 10.1. The van der Waals surface area contributed by atoms with E-state index in [-0.39, 0.29) is 11.6 Å². The largest absolute Gasteiger partial charge is 0.497 e. The van der Waals surface area contributed by atoms with E-state index in [4.69, 9.17) is 16.2 Å². The maximum atomic E-state index is 10.7. The van der Waals surface area contributed by atoms with E-state index in [1.165, 1.54) is 0 Å². The minimum absolute atomic E-state index is 0.231. The summed E-state index contributed by atoms with van der Waals surface area (Å²) in [5, 5.41) is 10.7. The molecule has 8 nitrogen and oxygen atoms in total. The number of rotatable bonds is 4. The molecule has 2 aromatic rings. The van der Waals surface area contributed by atoms with Gasteiger partial charge in [-0.15, -0.1) is 0 Å². The smallest absolute Gasteiger partial charge is 0.352 e. The Morgan fingerprint density at radius 2 is 1.75 bits per heavy atom. The molecule has 20 heavy (non-hydrogen) atoms. The molecule has 1 heterocycles. The number of benzene rings is 1.